The molecular weight excluding hydrogens is 408 g/mol. The first-order valence-corrected chi connectivity index (χ1v) is 15.0. The predicted molar refractivity (Wildman–Crippen MR) is 152 cm³/mol. The molecule has 0 radical (unpaired) electrons. The molecule has 0 bridgehead atoms. The zero-order valence-electron chi connectivity index (χ0n) is 22.5. The summed E-state index contributed by atoms with van der Waals surface area (Å²) in [5, 5.41) is 0. The third-order valence-electron chi connectivity index (χ3n) is 8.30. The number of unbranched alkanes of at least 4 members (excludes halogenated alkanes) is 10. The molecule has 0 nitrogen and oxygen atoms in total. The van der Waals surface area contributed by atoms with Gasteiger partial charge in [0, 0.05) is 0 Å². The van der Waals surface area contributed by atoms with E-state index in [9.17, 15) is 0 Å². The van der Waals surface area contributed by atoms with Crippen LogP contribution in [0.1, 0.15) is 140 Å². The molecule has 1 fully saturated rings. The first-order chi connectivity index (χ1) is 16.8. The van der Waals surface area contributed by atoms with Gasteiger partial charge >= 0.3 is 0 Å². The number of hydrogen-bond donors (Lipinski definition) is 0. The van der Waals surface area contributed by atoms with Gasteiger partial charge in [-0.3, -0.25) is 0 Å². The summed E-state index contributed by atoms with van der Waals surface area (Å²) < 4.78 is 0. The Morgan fingerprint density at radius 1 is 0.529 bits per heavy atom. The van der Waals surface area contributed by atoms with Crippen LogP contribution in [0.15, 0.2) is 48.5 Å². The van der Waals surface area contributed by atoms with Crippen LogP contribution in [0, 0.1) is 5.92 Å². The van der Waals surface area contributed by atoms with E-state index in [-0.39, 0.29) is 0 Å². The van der Waals surface area contributed by atoms with Crippen molar-refractivity contribution >= 4 is 0 Å². The highest BCUT2D eigenvalue weighted by molar-refractivity contribution is 5.64. The Balaban J connectivity index is 1.37. The standard InChI is InChI=1S/C34H52/c1-3-5-7-9-10-11-12-14-16-30-19-23-32(24-20-30)34-27-25-33(26-28-34)31-21-17-29(18-22-31)15-13-8-6-4-2/h19-20,23-29,31H,3-18,21-22H2,1-2H3. The second-order valence-corrected chi connectivity index (χ2v) is 11.1. The van der Waals surface area contributed by atoms with Crippen LogP contribution in [0.25, 0.3) is 11.1 Å². The highest BCUT2D eigenvalue weighted by atomic mass is 14.3. The van der Waals surface area contributed by atoms with Gasteiger partial charge in [-0.1, -0.05) is 139 Å². The normalized spacial score (nSPS) is 18.3. The van der Waals surface area contributed by atoms with Crippen LogP contribution in [0.4, 0.5) is 0 Å². The quantitative estimate of drug-likeness (QED) is 0.218. The van der Waals surface area contributed by atoms with Crippen LogP contribution >= 0.6 is 0 Å². The minimum absolute atomic E-state index is 0.787. The molecule has 1 saturated carbocycles. The zero-order valence-corrected chi connectivity index (χ0v) is 22.5. The Morgan fingerprint density at radius 3 is 1.62 bits per heavy atom. The Labute approximate surface area is 212 Å². The molecule has 0 aliphatic heterocycles. The van der Waals surface area contributed by atoms with Crippen LogP contribution in [-0.2, 0) is 6.42 Å². The van der Waals surface area contributed by atoms with E-state index < -0.39 is 0 Å². The molecule has 2 aromatic rings. The van der Waals surface area contributed by atoms with Crippen LogP contribution in [0.3, 0.4) is 0 Å². The third-order valence-corrected chi connectivity index (χ3v) is 8.30. The van der Waals surface area contributed by atoms with E-state index in [0.717, 1.165) is 11.8 Å². The zero-order chi connectivity index (χ0) is 23.8. The molecule has 2 aromatic carbocycles. The molecule has 1 aliphatic rings. The van der Waals surface area contributed by atoms with Crippen molar-refractivity contribution in [2.75, 3.05) is 0 Å². The fourth-order valence-corrected chi connectivity index (χ4v) is 5.92. The molecule has 0 spiro atoms. The molecule has 3 rings (SSSR count). The summed E-state index contributed by atoms with van der Waals surface area (Å²) in [7, 11) is 0. The molecule has 0 saturated heterocycles. The monoisotopic (exact) mass is 460 g/mol. The van der Waals surface area contributed by atoms with Crippen molar-refractivity contribution in [2.45, 2.75) is 135 Å². The summed E-state index contributed by atoms with van der Waals surface area (Å²) in [5.74, 6) is 1.78. The summed E-state index contributed by atoms with van der Waals surface area (Å²) >= 11 is 0. The summed E-state index contributed by atoms with van der Waals surface area (Å²) in [6.45, 7) is 4.60. The maximum absolute atomic E-state index is 2.41. The maximum Gasteiger partial charge on any atom is -0.0162 e. The summed E-state index contributed by atoms with van der Waals surface area (Å²) in [5.41, 5.74) is 5.80. The van der Waals surface area contributed by atoms with Gasteiger partial charge in [-0.25, -0.2) is 0 Å². The first-order valence-electron chi connectivity index (χ1n) is 15.0. The van der Waals surface area contributed by atoms with Crippen molar-refractivity contribution in [2.24, 2.45) is 5.92 Å². The van der Waals surface area contributed by atoms with Crippen LogP contribution in [0.5, 0.6) is 0 Å². The number of rotatable bonds is 16. The van der Waals surface area contributed by atoms with Gasteiger partial charge in [0.15, 0.2) is 0 Å². The van der Waals surface area contributed by atoms with E-state index in [2.05, 4.69) is 62.4 Å². The van der Waals surface area contributed by atoms with Crippen molar-refractivity contribution in [1.82, 2.24) is 0 Å². The van der Waals surface area contributed by atoms with E-state index in [4.69, 9.17) is 0 Å². The van der Waals surface area contributed by atoms with Gasteiger partial charge in [-0.15, -0.1) is 0 Å². The lowest BCUT2D eigenvalue weighted by atomic mass is 9.77. The molecule has 0 amide bonds. The van der Waals surface area contributed by atoms with Gasteiger partial charge in [0.05, 0.1) is 0 Å². The Hall–Kier alpha value is -1.56. The molecule has 0 atom stereocenters. The lowest BCUT2D eigenvalue weighted by Gasteiger charge is -2.29. The molecule has 0 heterocycles. The number of benzene rings is 2. The lowest BCUT2D eigenvalue weighted by Crippen LogP contribution is -2.13. The highest BCUT2D eigenvalue weighted by Gasteiger charge is 2.22. The molecule has 1 aliphatic carbocycles. The van der Waals surface area contributed by atoms with Gasteiger partial charge in [-0.2, -0.15) is 0 Å². The summed E-state index contributed by atoms with van der Waals surface area (Å²) in [4.78, 5) is 0. The van der Waals surface area contributed by atoms with Crippen molar-refractivity contribution in [3.63, 3.8) is 0 Å². The van der Waals surface area contributed by atoms with Gasteiger partial charge in [0.25, 0.3) is 0 Å². The van der Waals surface area contributed by atoms with E-state index in [1.54, 1.807) is 5.56 Å². The molecular formula is C34H52. The second kappa shape index (κ2) is 16.2. The van der Waals surface area contributed by atoms with Crippen molar-refractivity contribution < 1.29 is 0 Å². The third kappa shape index (κ3) is 9.59. The van der Waals surface area contributed by atoms with Crippen LogP contribution in [0.2, 0.25) is 0 Å². The smallest absolute Gasteiger partial charge is 0.0162 e. The maximum atomic E-state index is 2.41. The predicted octanol–water partition coefficient (Wildman–Crippen LogP) is 11.3. The molecule has 34 heavy (non-hydrogen) atoms. The Kier molecular flexibility index (Phi) is 12.9. The van der Waals surface area contributed by atoms with Crippen molar-refractivity contribution in [1.29, 1.82) is 0 Å². The molecule has 0 unspecified atom stereocenters. The summed E-state index contributed by atoms with van der Waals surface area (Å²) in [6.07, 6.45) is 25.2. The molecule has 188 valence electrons. The van der Waals surface area contributed by atoms with Crippen molar-refractivity contribution in [3.05, 3.63) is 59.7 Å². The van der Waals surface area contributed by atoms with Crippen LogP contribution in [-0.4, -0.2) is 0 Å². The number of hydrogen-bond acceptors (Lipinski definition) is 0. The highest BCUT2D eigenvalue weighted by Crippen LogP contribution is 2.38. The average Bonchev–Trinajstić information content (AvgIpc) is 2.89. The van der Waals surface area contributed by atoms with E-state index in [0.29, 0.717) is 0 Å². The first kappa shape index (κ1) is 27.0. The average molecular weight is 461 g/mol. The SMILES string of the molecule is CCCCCCCCCCc1ccc(-c2ccc(C3CCC(CCCCCC)CC3)cc2)cc1. The van der Waals surface area contributed by atoms with Gasteiger partial charge < -0.3 is 0 Å². The minimum atomic E-state index is 0.787. The lowest BCUT2D eigenvalue weighted by molar-refractivity contribution is 0.302. The van der Waals surface area contributed by atoms with Gasteiger partial charge in [0.1, 0.15) is 0 Å². The largest absolute Gasteiger partial charge is 0.0654 e. The van der Waals surface area contributed by atoms with E-state index >= 15 is 0 Å². The Morgan fingerprint density at radius 2 is 1.03 bits per heavy atom. The molecule has 0 N–H and O–H groups in total. The molecule has 0 aromatic heterocycles. The van der Waals surface area contributed by atoms with E-state index in [1.165, 1.54) is 132 Å². The molecule has 0 heteroatoms. The minimum Gasteiger partial charge on any atom is -0.0654 e. The summed E-state index contributed by atoms with van der Waals surface area (Å²) in [6, 6.07) is 18.9. The van der Waals surface area contributed by atoms with Crippen molar-refractivity contribution in [3.8, 4) is 11.1 Å². The fraction of sp³-hybridized carbons (Fsp3) is 0.647. The van der Waals surface area contributed by atoms with Crippen LogP contribution < -0.4 is 0 Å². The fourth-order valence-electron chi connectivity index (χ4n) is 5.92. The Bertz CT molecular complexity index is 746. The second-order valence-electron chi connectivity index (χ2n) is 11.1. The topological polar surface area (TPSA) is 0 Å². The van der Waals surface area contributed by atoms with Gasteiger partial charge in [-0.05, 0) is 72.6 Å². The van der Waals surface area contributed by atoms with Gasteiger partial charge in [0.2, 0.25) is 0 Å². The number of aryl methyl sites for hydroxylation is 1. The van der Waals surface area contributed by atoms with E-state index in [1.807, 2.05) is 0 Å².